The van der Waals surface area contributed by atoms with E-state index < -0.39 is 11.0 Å². The number of nitrogens with zero attached hydrogens (tertiary/aromatic N) is 1. The number of nitrogens with one attached hydrogen (secondary N) is 1. The summed E-state index contributed by atoms with van der Waals surface area (Å²) in [4.78, 5) is 4.72. The zero-order chi connectivity index (χ0) is 12.4. The van der Waals surface area contributed by atoms with E-state index in [0.29, 0.717) is 16.3 Å². The van der Waals surface area contributed by atoms with Crippen LogP contribution in [0.4, 0.5) is 11.7 Å². The predicted octanol–water partition coefficient (Wildman–Crippen LogP) is 2.01. The summed E-state index contributed by atoms with van der Waals surface area (Å²) in [5.74, 6) is 0.710. The summed E-state index contributed by atoms with van der Waals surface area (Å²) in [5, 5.41) is 0. The molecule has 0 bridgehead atoms. The maximum absolute atomic E-state index is 11.9. The van der Waals surface area contributed by atoms with E-state index >= 15 is 0 Å². The standard InChI is InChI=1S/C11H13N3O2S/c1-7-8(2)16-11(13-7)14-17(15)10-5-3-9(12)4-6-10/h3-6H,12H2,1-2H3,(H,13,14). The van der Waals surface area contributed by atoms with Gasteiger partial charge in [0.2, 0.25) is 0 Å². The number of hydrogen-bond donors (Lipinski definition) is 2. The molecular formula is C11H13N3O2S. The van der Waals surface area contributed by atoms with Gasteiger partial charge < -0.3 is 10.2 Å². The van der Waals surface area contributed by atoms with Crippen molar-refractivity contribution in [1.29, 1.82) is 0 Å². The van der Waals surface area contributed by atoms with Gasteiger partial charge in [-0.3, -0.25) is 4.72 Å². The summed E-state index contributed by atoms with van der Waals surface area (Å²) < 4.78 is 19.9. The molecule has 0 fully saturated rings. The van der Waals surface area contributed by atoms with Gasteiger partial charge >= 0.3 is 6.01 Å². The van der Waals surface area contributed by atoms with Crippen molar-refractivity contribution in [2.24, 2.45) is 0 Å². The molecule has 6 heteroatoms. The van der Waals surface area contributed by atoms with E-state index in [4.69, 9.17) is 10.2 Å². The van der Waals surface area contributed by atoms with Crippen LogP contribution in [-0.2, 0) is 11.0 Å². The summed E-state index contributed by atoms with van der Waals surface area (Å²) in [5.41, 5.74) is 6.96. The summed E-state index contributed by atoms with van der Waals surface area (Å²) in [7, 11) is -1.40. The Kier molecular flexibility index (Phi) is 3.14. The van der Waals surface area contributed by atoms with Gasteiger partial charge in [-0.05, 0) is 38.1 Å². The van der Waals surface area contributed by atoms with Gasteiger partial charge in [-0.25, -0.2) is 4.21 Å². The number of rotatable bonds is 3. The van der Waals surface area contributed by atoms with Gasteiger partial charge in [-0.15, -0.1) is 0 Å². The van der Waals surface area contributed by atoms with Crippen LogP contribution in [0.2, 0.25) is 0 Å². The van der Waals surface area contributed by atoms with Gasteiger partial charge in [-0.2, -0.15) is 4.98 Å². The van der Waals surface area contributed by atoms with Crippen molar-refractivity contribution in [2.75, 3.05) is 10.5 Å². The monoisotopic (exact) mass is 251 g/mol. The van der Waals surface area contributed by atoms with Crippen LogP contribution in [0.15, 0.2) is 33.6 Å². The molecule has 90 valence electrons. The topological polar surface area (TPSA) is 81.2 Å². The fourth-order valence-corrected chi connectivity index (χ4v) is 1.99. The molecule has 0 aliphatic heterocycles. The summed E-state index contributed by atoms with van der Waals surface area (Å²) in [6.45, 7) is 3.63. The second-order valence-electron chi connectivity index (χ2n) is 3.60. The Morgan fingerprint density at radius 2 is 1.94 bits per heavy atom. The van der Waals surface area contributed by atoms with E-state index in [1.54, 1.807) is 31.2 Å². The van der Waals surface area contributed by atoms with Crippen LogP contribution >= 0.6 is 0 Å². The molecular weight excluding hydrogens is 238 g/mol. The van der Waals surface area contributed by atoms with Crippen LogP contribution in [0.3, 0.4) is 0 Å². The SMILES string of the molecule is Cc1nc(NS(=O)c2ccc(N)cc2)oc1C. The Bertz CT molecular complexity index is 529. The van der Waals surface area contributed by atoms with E-state index in [2.05, 4.69) is 9.71 Å². The highest BCUT2D eigenvalue weighted by atomic mass is 32.2. The Hall–Kier alpha value is -1.82. The highest BCUT2D eigenvalue weighted by molar-refractivity contribution is 7.86. The van der Waals surface area contributed by atoms with E-state index in [1.165, 1.54) is 0 Å². The maximum Gasteiger partial charge on any atom is 0.307 e. The fourth-order valence-electron chi connectivity index (χ4n) is 1.25. The van der Waals surface area contributed by atoms with Gasteiger partial charge in [0.05, 0.1) is 10.6 Å². The summed E-state index contributed by atoms with van der Waals surface area (Å²) in [6, 6.07) is 7.04. The largest absolute Gasteiger partial charge is 0.428 e. The van der Waals surface area contributed by atoms with Crippen LogP contribution in [0.25, 0.3) is 0 Å². The van der Waals surface area contributed by atoms with Crippen molar-refractivity contribution in [1.82, 2.24) is 4.98 Å². The molecule has 1 atom stereocenters. The van der Waals surface area contributed by atoms with E-state index in [-0.39, 0.29) is 6.01 Å². The average Bonchev–Trinajstić information content (AvgIpc) is 2.58. The van der Waals surface area contributed by atoms with Crippen molar-refractivity contribution in [2.45, 2.75) is 18.7 Å². The van der Waals surface area contributed by atoms with Crippen molar-refractivity contribution >= 4 is 22.7 Å². The summed E-state index contributed by atoms with van der Waals surface area (Å²) >= 11 is 0. The first kappa shape index (κ1) is 11.7. The fraction of sp³-hybridized carbons (Fsp3) is 0.182. The lowest BCUT2D eigenvalue weighted by molar-refractivity contribution is 0.545. The molecule has 2 aromatic rings. The van der Waals surface area contributed by atoms with E-state index in [0.717, 1.165) is 5.69 Å². The number of hydrogen-bond acceptors (Lipinski definition) is 4. The first-order valence-electron chi connectivity index (χ1n) is 5.04. The molecule has 0 spiro atoms. The van der Waals surface area contributed by atoms with E-state index in [1.807, 2.05) is 6.92 Å². The second kappa shape index (κ2) is 4.58. The lowest BCUT2D eigenvalue weighted by Gasteiger charge is -2.01. The number of benzene rings is 1. The van der Waals surface area contributed by atoms with Gasteiger partial charge in [0.25, 0.3) is 0 Å². The average molecular weight is 251 g/mol. The molecule has 1 aromatic carbocycles. The lowest BCUT2D eigenvalue weighted by Crippen LogP contribution is -2.05. The number of anilines is 2. The number of aromatic nitrogens is 1. The zero-order valence-corrected chi connectivity index (χ0v) is 10.4. The second-order valence-corrected chi connectivity index (χ2v) is 4.81. The molecule has 0 saturated heterocycles. The van der Waals surface area contributed by atoms with Crippen molar-refractivity contribution < 1.29 is 8.63 Å². The number of nitrogen functional groups attached to an aromatic ring is 1. The Balaban J connectivity index is 2.14. The highest BCUT2D eigenvalue weighted by Crippen LogP contribution is 2.16. The van der Waals surface area contributed by atoms with Crippen molar-refractivity contribution in [3.63, 3.8) is 0 Å². The number of aryl methyl sites for hydroxylation is 2. The first-order valence-corrected chi connectivity index (χ1v) is 6.19. The van der Waals surface area contributed by atoms with Crippen LogP contribution < -0.4 is 10.5 Å². The molecule has 17 heavy (non-hydrogen) atoms. The number of oxazole rings is 1. The third-order valence-electron chi connectivity index (χ3n) is 2.30. The summed E-state index contributed by atoms with van der Waals surface area (Å²) in [6.07, 6.45) is 0. The first-order chi connectivity index (χ1) is 8.06. The maximum atomic E-state index is 11.9. The molecule has 1 unspecified atom stereocenters. The molecule has 0 amide bonds. The van der Waals surface area contributed by atoms with Crippen LogP contribution in [0.1, 0.15) is 11.5 Å². The molecule has 0 saturated carbocycles. The number of nitrogens with two attached hydrogens (primary N) is 1. The van der Waals surface area contributed by atoms with Crippen LogP contribution in [-0.4, -0.2) is 9.19 Å². The predicted molar refractivity (Wildman–Crippen MR) is 66.9 cm³/mol. The third-order valence-corrected chi connectivity index (χ3v) is 3.36. The minimum absolute atomic E-state index is 0.259. The molecule has 5 nitrogen and oxygen atoms in total. The highest BCUT2D eigenvalue weighted by Gasteiger charge is 2.09. The van der Waals surface area contributed by atoms with Gasteiger partial charge in [0, 0.05) is 5.69 Å². The van der Waals surface area contributed by atoms with Gasteiger partial charge in [0.15, 0.2) is 11.0 Å². The molecule has 1 heterocycles. The molecule has 0 aliphatic carbocycles. The molecule has 2 rings (SSSR count). The molecule has 3 N–H and O–H groups in total. The zero-order valence-electron chi connectivity index (χ0n) is 9.56. The normalized spacial score (nSPS) is 12.4. The van der Waals surface area contributed by atoms with E-state index in [9.17, 15) is 4.21 Å². The lowest BCUT2D eigenvalue weighted by atomic mass is 10.3. The quantitative estimate of drug-likeness (QED) is 0.818. The van der Waals surface area contributed by atoms with Crippen molar-refractivity contribution in [3.8, 4) is 0 Å². The molecule has 1 aromatic heterocycles. The third kappa shape index (κ3) is 2.65. The minimum atomic E-state index is -1.40. The Morgan fingerprint density at radius 1 is 1.29 bits per heavy atom. The Morgan fingerprint density at radius 3 is 2.47 bits per heavy atom. The van der Waals surface area contributed by atoms with Crippen LogP contribution in [0, 0.1) is 13.8 Å². The minimum Gasteiger partial charge on any atom is -0.428 e. The smallest absolute Gasteiger partial charge is 0.307 e. The Labute approximate surface area is 102 Å². The van der Waals surface area contributed by atoms with Crippen LogP contribution in [0.5, 0.6) is 0 Å². The van der Waals surface area contributed by atoms with Crippen molar-refractivity contribution in [3.05, 3.63) is 35.7 Å². The molecule has 0 aliphatic rings. The van der Waals surface area contributed by atoms with Gasteiger partial charge in [0.1, 0.15) is 5.76 Å². The molecule has 0 radical (unpaired) electrons. The van der Waals surface area contributed by atoms with Gasteiger partial charge in [-0.1, -0.05) is 0 Å².